The first kappa shape index (κ1) is 21.5. The van der Waals surface area contributed by atoms with Crippen LogP contribution >= 0.6 is 24.0 Å². The van der Waals surface area contributed by atoms with Gasteiger partial charge in [-0.15, -0.1) is 0 Å². The average Bonchev–Trinajstić information content (AvgIpc) is 2.96. The van der Waals surface area contributed by atoms with Gasteiger partial charge in [-0.3, -0.25) is 9.69 Å². The maximum atomic E-state index is 13.1. The summed E-state index contributed by atoms with van der Waals surface area (Å²) in [6, 6.07) is 11.3. The third-order valence-electron chi connectivity index (χ3n) is 4.35. The summed E-state index contributed by atoms with van der Waals surface area (Å²) in [5.41, 5.74) is 1.69. The van der Waals surface area contributed by atoms with E-state index in [9.17, 15) is 19.5 Å². The number of hydrogen-bond acceptors (Lipinski definition) is 6. The van der Waals surface area contributed by atoms with Gasteiger partial charge in [-0.1, -0.05) is 48.2 Å². The molecular formula is C21H17NO6S2. The highest BCUT2D eigenvalue weighted by Crippen LogP contribution is 2.38. The molecule has 2 N–H and O–H groups in total. The Hall–Kier alpha value is -3.17. The number of carbonyl (C=O) groups excluding carboxylic acids is 1. The van der Waals surface area contributed by atoms with Crippen LogP contribution in [0.15, 0.2) is 47.4 Å². The van der Waals surface area contributed by atoms with Crippen LogP contribution in [-0.2, 0) is 9.59 Å². The topological polar surface area (TPSA) is 104 Å². The molecule has 2 aromatic rings. The number of benzene rings is 2. The number of nitrogens with zero attached hydrogens (tertiary/aromatic N) is 1. The molecule has 1 atom stereocenters. The highest BCUT2D eigenvalue weighted by Gasteiger charge is 2.34. The minimum absolute atomic E-state index is 0.0510. The Morgan fingerprint density at radius 3 is 2.57 bits per heavy atom. The molecule has 0 radical (unpaired) electrons. The molecule has 1 heterocycles. The van der Waals surface area contributed by atoms with Gasteiger partial charge in [-0.05, 0) is 43.7 Å². The van der Waals surface area contributed by atoms with Crippen molar-refractivity contribution in [3.63, 3.8) is 0 Å². The number of carboxylic acid groups (broad SMARTS) is 2. The van der Waals surface area contributed by atoms with E-state index in [1.807, 2.05) is 0 Å². The van der Waals surface area contributed by atoms with Gasteiger partial charge >= 0.3 is 11.9 Å². The second-order valence-electron chi connectivity index (χ2n) is 6.46. The third kappa shape index (κ3) is 4.37. The van der Waals surface area contributed by atoms with Crippen molar-refractivity contribution in [3.05, 3.63) is 64.1 Å². The Labute approximate surface area is 182 Å². The summed E-state index contributed by atoms with van der Waals surface area (Å²) in [5.74, 6) is -2.28. The minimum Gasteiger partial charge on any atom is -0.479 e. The molecule has 1 amide bonds. The molecule has 2 aromatic carbocycles. The molecule has 9 heteroatoms. The lowest BCUT2D eigenvalue weighted by molar-refractivity contribution is -0.144. The molecule has 0 aromatic heterocycles. The van der Waals surface area contributed by atoms with Crippen molar-refractivity contribution in [1.82, 2.24) is 0 Å². The number of thioether (sulfide) groups is 1. The fraction of sp³-hybridized carbons (Fsp3) is 0.143. The molecule has 0 bridgehead atoms. The van der Waals surface area contributed by atoms with Crippen molar-refractivity contribution in [2.45, 2.75) is 20.0 Å². The minimum atomic E-state index is -1.11. The summed E-state index contributed by atoms with van der Waals surface area (Å²) in [7, 11) is 0. The lowest BCUT2D eigenvalue weighted by Gasteiger charge is -2.17. The van der Waals surface area contributed by atoms with E-state index in [-0.39, 0.29) is 9.88 Å². The Morgan fingerprint density at radius 2 is 1.90 bits per heavy atom. The smallest absolute Gasteiger partial charge is 0.344 e. The van der Waals surface area contributed by atoms with Crippen LogP contribution in [-0.4, -0.2) is 38.5 Å². The van der Waals surface area contributed by atoms with Crippen LogP contribution in [0.3, 0.4) is 0 Å². The predicted octanol–water partition coefficient (Wildman–Crippen LogP) is 3.95. The summed E-state index contributed by atoms with van der Waals surface area (Å²) in [6.45, 7) is 3.18. The molecule has 3 rings (SSSR count). The molecule has 7 nitrogen and oxygen atoms in total. The molecule has 1 unspecified atom stereocenters. The second kappa shape index (κ2) is 8.68. The number of rotatable bonds is 6. The number of aliphatic carboxylic acids is 1. The van der Waals surface area contributed by atoms with Crippen LogP contribution in [0.4, 0.5) is 5.69 Å². The third-order valence-corrected chi connectivity index (χ3v) is 5.65. The van der Waals surface area contributed by atoms with Crippen molar-refractivity contribution >= 4 is 57.9 Å². The molecule has 1 fully saturated rings. The zero-order valence-electron chi connectivity index (χ0n) is 16.0. The number of ether oxygens (including phenoxy) is 1. The molecule has 30 heavy (non-hydrogen) atoms. The first-order chi connectivity index (χ1) is 14.2. The second-order valence-corrected chi connectivity index (χ2v) is 8.14. The van der Waals surface area contributed by atoms with Crippen LogP contribution < -0.4 is 9.64 Å². The molecule has 0 spiro atoms. The number of anilines is 1. The first-order valence-electron chi connectivity index (χ1n) is 8.79. The molecule has 0 aliphatic carbocycles. The van der Waals surface area contributed by atoms with E-state index in [4.69, 9.17) is 22.1 Å². The van der Waals surface area contributed by atoms with Gasteiger partial charge in [0.25, 0.3) is 5.91 Å². The van der Waals surface area contributed by atoms with Gasteiger partial charge in [0.1, 0.15) is 5.75 Å². The normalized spacial score (nSPS) is 16.1. The molecule has 1 aliphatic heterocycles. The fourth-order valence-electron chi connectivity index (χ4n) is 2.75. The van der Waals surface area contributed by atoms with Crippen LogP contribution in [0.25, 0.3) is 6.08 Å². The lowest BCUT2D eigenvalue weighted by atomic mass is 10.1. The quantitative estimate of drug-likeness (QED) is 0.511. The van der Waals surface area contributed by atoms with Crippen LogP contribution in [0.5, 0.6) is 5.75 Å². The molecule has 154 valence electrons. The summed E-state index contributed by atoms with van der Waals surface area (Å²) < 4.78 is 5.75. The van der Waals surface area contributed by atoms with Gasteiger partial charge in [0.2, 0.25) is 0 Å². The van der Waals surface area contributed by atoms with Gasteiger partial charge in [0, 0.05) is 5.56 Å². The van der Waals surface area contributed by atoms with Gasteiger partial charge in [0.15, 0.2) is 10.4 Å². The zero-order valence-corrected chi connectivity index (χ0v) is 17.6. The summed E-state index contributed by atoms with van der Waals surface area (Å²) in [5, 5.41) is 18.3. The van der Waals surface area contributed by atoms with Crippen molar-refractivity contribution in [1.29, 1.82) is 0 Å². The van der Waals surface area contributed by atoms with E-state index in [0.29, 0.717) is 27.5 Å². The van der Waals surface area contributed by atoms with Crippen LogP contribution in [0, 0.1) is 6.92 Å². The lowest BCUT2D eigenvalue weighted by Crippen LogP contribution is -2.28. The van der Waals surface area contributed by atoms with Gasteiger partial charge in [0.05, 0.1) is 16.2 Å². The molecule has 1 saturated heterocycles. The van der Waals surface area contributed by atoms with Crippen molar-refractivity contribution in [3.8, 4) is 5.75 Å². The fourth-order valence-corrected chi connectivity index (χ4v) is 4.02. The van der Waals surface area contributed by atoms with Crippen LogP contribution in [0.1, 0.15) is 28.4 Å². The highest BCUT2D eigenvalue weighted by molar-refractivity contribution is 8.27. The Kier molecular flexibility index (Phi) is 6.23. The summed E-state index contributed by atoms with van der Waals surface area (Å²) in [6.07, 6.45) is 0.523. The standard InChI is InChI=1S/C21H17NO6S2/c1-11-7-8-14(20(26)27)9-15(11)22-18(23)17(30-21(22)29)10-13-5-3-4-6-16(13)28-12(2)19(24)25/h3-10,12H,1-2H3,(H,24,25)(H,26,27)/b17-10-. The SMILES string of the molecule is Cc1ccc(C(=O)O)cc1N1C(=O)/C(=C/c2ccccc2OC(C)C(=O)O)SC1=S. The highest BCUT2D eigenvalue weighted by atomic mass is 32.2. The van der Waals surface area contributed by atoms with Crippen LogP contribution in [0.2, 0.25) is 0 Å². The number of carboxylic acids is 2. The van der Waals surface area contributed by atoms with E-state index < -0.39 is 23.9 Å². The van der Waals surface area contributed by atoms with E-state index in [1.54, 1.807) is 43.3 Å². The number of aromatic carboxylic acids is 1. The summed E-state index contributed by atoms with van der Waals surface area (Å²) >= 11 is 6.45. The van der Waals surface area contributed by atoms with E-state index in [1.165, 1.54) is 24.0 Å². The molecule has 0 saturated carbocycles. The maximum absolute atomic E-state index is 13.1. The van der Waals surface area contributed by atoms with E-state index in [2.05, 4.69) is 0 Å². The van der Waals surface area contributed by atoms with Gasteiger partial charge < -0.3 is 14.9 Å². The molecule has 1 aliphatic rings. The monoisotopic (exact) mass is 443 g/mol. The Bertz CT molecular complexity index is 1090. The number of hydrogen-bond donors (Lipinski definition) is 2. The number of carbonyl (C=O) groups is 3. The van der Waals surface area contributed by atoms with Crippen molar-refractivity contribution in [2.24, 2.45) is 0 Å². The average molecular weight is 444 g/mol. The van der Waals surface area contributed by atoms with E-state index in [0.717, 1.165) is 11.8 Å². The Balaban J connectivity index is 1.97. The first-order valence-corrected chi connectivity index (χ1v) is 10.0. The van der Waals surface area contributed by atoms with Crippen molar-refractivity contribution in [2.75, 3.05) is 4.90 Å². The summed E-state index contributed by atoms with van der Waals surface area (Å²) in [4.78, 5) is 37.1. The van der Waals surface area contributed by atoms with Gasteiger partial charge in [-0.2, -0.15) is 0 Å². The number of para-hydroxylation sites is 1. The number of amides is 1. The van der Waals surface area contributed by atoms with E-state index >= 15 is 0 Å². The van der Waals surface area contributed by atoms with Crippen molar-refractivity contribution < 1.29 is 29.3 Å². The Morgan fingerprint density at radius 1 is 1.20 bits per heavy atom. The number of aryl methyl sites for hydroxylation is 1. The predicted molar refractivity (Wildman–Crippen MR) is 118 cm³/mol. The zero-order chi connectivity index (χ0) is 22.0. The maximum Gasteiger partial charge on any atom is 0.344 e. The number of thiocarbonyl (C=S) groups is 1. The molecular weight excluding hydrogens is 426 g/mol. The van der Waals surface area contributed by atoms with Gasteiger partial charge in [-0.25, -0.2) is 9.59 Å². The largest absolute Gasteiger partial charge is 0.479 e.